The monoisotopic (exact) mass is 350 g/mol. The number of benzene rings is 1. The molecule has 1 aliphatic rings. The van der Waals surface area contributed by atoms with E-state index in [2.05, 4.69) is 69.5 Å². The first kappa shape index (κ1) is 14.3. The molecule has 2 heterocycles. The maximum atomic E-state index is 3.53. The van der Waals surface area contributed by atoms with Crippen LogP contribution in [0.25, 0.3) is 0 Å². The molecule has 1 atom stereocenters. The van der Waals surface area contributed by atoms with Crippen molar-refractivity contribution < 1.29 is 0 Å². The summed E-state index contributed by atoms with van der Waals surface area (Å²) in [4.78, 5) is 5.43. The maximum Gasteiger partial charge on any atom is 0.0697 e. The van der Waals surface area contributed by atoms with Gasteiger partial charge in [0, 0.05) is 40.4 Å². The van der Waals surface area contributed by atoms with E-state index in [0.717, 1.165) is 30.7 Å². The lowest BCUT2D eigenvalue weighted by Crippen LogP contribution is -2.45. The standard InChI is InChI=1S/C16H19BrN2S/c1-12-2-7-15(20-12)16(19-10-8-18-9-11-19)13-3-5-14(17)6-4-13/h2-7,16,18H,8-11H2,1H3. The van der Waals surface area contributed by atoms with Gasteiger partial charge in [0.25, 0.3) is 0 Å². The second-order valence-corrected chi connectivity index (χ2v) is 7.42. The van der Waals surface area contributed by atoms with E-state index < -0.39 is 0 Å². The highest BCUT2D eigenvalue weighted by atomic mass is 79.9. The Hall–Kier alpha value is -0.680. The lowest BCUT2D eigenvalue weighted by Gasteiger charge is -2.34. The molecule has 1 unspecified atom stereocenters. The molecule has 3 rings (SSSR count). The van der Waals surface area contributed by atoms with Gasteiger partial charge < -0.3 is 5.32 Å². The Labute approximate surface area is 132 Å². The number of rotatable bonds is 3. The fourth-order valence-corrected chi connectivity index (χ4v) is 4.05. The predicted molar refractivity (Wildman–Crippen MR) is 89.5 cm³/mol. The van der Waals surface area contributed by atoms with Crippen LogP contribution in [0, 0.1) is 6.92 Å². The summed E-state index contributed by atoms with van der Waals surface area (Å²) in [7, 11) is 0. The third kappa shape index (κ3) is 3.14. The zero-order chi connectivity index (χ0) is 13.9. The number of hydrogen-bond donors (Lipinski definition) is 1. The molecule has 2 aromatic rings. The van der Waals surface area contributed by atoms with E-state index in [1.165, 1.54) is 15.3 Å². The molecule has 1 N–H and O–H groups in total. The highest BCUT2D eigenvalue weighted by Gasteiger charge is 2.24. The van der Waals surface area contributed by atoms with E-state index in [1.54, 1.807) is 0 Å². The first-order chi connectivity index (χ1) is 9.74. The van der Waals surface area contributed by atoms with Crippen molar-refractivity contribution in [2.24, 2.45) is 0 Å². The number of halogens is 1. The van der Waals surface area contributed by atoms with E-state index in [4.69, 9.17) is 0 Å². The molecule has 20 heavy (non-hydrogen) atoms. The van der Waals surface area contributed by atoms with Crippen LogP contribution in [-0.4, -0.2) is 31.1 Å². The fourth-order valence-electron chi connectivity index (χ4n) is 2.74. The number of piperazine rings is 1. The lowest BCUT2D eigenvalue weighted by molar-refractivity contribution is 0.200. The van der Waals surface area contributed by atoms with Crippen molar-refractivity contribution in [1.82, 2.24) is 10.2 Å². The highest BCUT2D eigenvalue weighted by molar-refractivity contribution is 9.10. The van der Waals surface area contributed by atoms with Crippen molar-refractivity contribution in [2.45, 2.75) is 13.0 Å². The van der Waals surface area contributed by atoms with Crippen LogP contribution >= 0.6 is 27.3 Å². The summed E-state index contributed by atoms with van der Waals surface area (Å²) in [6, 6.07) is 13.7. The number of nitrogens with one attached hydrogen (secondary N) is 1. The number of aryl methyl sites for hydroxylation is 1. The van der Waals surface area contributed by atoms with Gasteiger partial charge >= 0.3 is 0 Å². The van der Waals surface area contributed by atoms with Gasteiger partial charge in [0.15, 0.2) is 0 Å². The van der Waals surface area contributed by atoms with Crippen molar-refractivity contribution in [3.63, 3.8) is 0 Å². The second kappa shape index (κ2) is 6.39. The summed E-state index contributed by atoms with van der Waals surface area (Å²) in [5, 5.41) is 3.44. The first-order valence-electron chi connectivity index (χ1n) is 7.00. The van der Waals surface area contributed by atoms with E-state index in [-0.39, 0.29) is 0 Å². The molecule has 0 aliphatic carbocycles. The van der Waals surface area contributed by atoms with E-state index in [9.17, 15) is 0 Å². The minimum atomic E-state index is 0.392. The number of thiophene rings is 1. The average Bonchev–Trinajstić information content (AvgIpc) is 2.89. The Kier molecular flexibility index (Phi) is 4.56. The summed E-state index contributed by atoms with van der Waals surface area (Å²) in [5.41, 5.74) is 1.39. The quantitative estimate of drug-likeness (QED) is 0.905. The lowest BCUT2D eigenvalue weighted by atomic mass is 10.0. The van der Waals surface area contributed by atoms with Gasteiger partial charge in [0.1, 0.15) is 0 Å². The van der Waals surface area contributed by atoms with Gasteiger partial charge in [-0.3, -0.25) is 4.90 Å². The van der Waals surface area contributed by atoms with Crippen molar-refractivity contribution in [2.75, 3.05) is 26.2 Å². The van der Waals surface area contributed by atoms with Gasteiger partial charge in [-0.2, -0.15) is 0 Å². The molecule has 0 saturated carbocycles. The van der Waals surface area contributed by atoms with Gasteiger partial charge in [0.05, 0.1) is 6.04 Å². The van der Waals surface area contributed by atoms with Crippen LogP contribution in [0.5, 0.6) is 0 Å². The van der Waals surface area contributed by atoms with Gasteiger partial charge in [-0.15, -0.1) is 11.3 Å². The molecule has 1 aliphatic heterocycles. The Morgan fingerprint density at radius 1 is 1.10 bits per heavy atom. The first-order valence-corrected chi connectivity index (χ1v) is 8.61. The predicted octanol–water partition coefficient (Wildman–Crippen LogP) is 3.81. The molecule has 2 nitrogen and oxygen atoms in total. The van der Waals surface area contributed by atoms with Crippen LogP contribution in [0.15, 0.2) is 40.9 Å². The molecule has 0 radical (unpaired) electrons. The molecule has 4 heteroatoms. The topological polar surface area (TPSA) is 15.3 Å². The Balaban J connectivity index is 1.95. The molecule has 1 saturated heterocycles. The minimum Gasteiger partial charge on any atom is -0.314 e. The van der Waals surface area contributed by atoms with Crippen molar-refractivity contribution in [3.8, 4) is 0 Å². The fraction of sp³-hybridized carbons (Fsp3) is 0.375. The second-order valence-electron chi connectivity index (χ2n) is 5.19. The largest absolute Gasteiger partial charge is 0.314 e. The Morgan fingerprint density at radius 2 is 1.80 bits per heavy atom. The van der Waals surface area contributed by atoms with Gasteiger partial charge in [-0.1, -0.05) is 28.1 Å². The van der Waals surface area contributed by atoms with Crippen LogP contribution in [0.2, 0.25) is 0 Å². The summed E-state index contributed by atoms with van der Waals surface area (Å²) in [5.74, 6) is 0. The summed E-state index contributed by atoms with van der Waals surface area (Å²) in [6.07, 6.45) is 0. The van der Waals surface area contributed by atoms with Gasteiger partial charge in [-0.05, 0) is 36.8 Å². The normalized spacial score (nSPS) is 18.1. The zero-order valence-corrected chi connectivity index (χ0v) is 14.0. The molecule has 0 spiro atoms. The summed E-state index contributed by atoms with van der Waals surface area (Å²) in [6.45, 7) is 6.56. The van der Waals surface area contributed by atoms with Crippen molar-refractivity contribution in [1.29, 1.82) is 0 Å². The van der Waals surface area contributed by atoms with Gasteiger partial charge in [-0.25, -0.2) is 0 Å². The number of nitrogens with zero attached hydrogens (tertiary/aromatic N) is 1. The highest BCUT2D eigenvalue weighted by Crippen LogP contribution is 2.34. The van der Waals surface area contributed by atoms with E-state index >= 15 is 0 Å². The molecule has 1 aromatic heterocycles. The van der Waals surface area contributed by atoms with Crippen molar-refractivity contribution in [3.05, 3.63) is 56.2 Å². The molecular formula is C16H19BrN2S. The molecular weight excluding hydrogens is 332 g/mol. The van der Waals surface area contributed by atoms with Crippen LogP contribution in [-0.2, 0) is 0 Å². The molecule has 1 aromatic carbocycles. The van der Waals surface area contributed by atoms with E-state index in [1.807, 2.05) is 11.3 Å². The van der Waals surface area contributed by atoms with Crippen LogP contribution in [0.3, 0.4) is 0 Å². The smallest absolute Gasteiger partial charge is 0.0697 e. The number of hydrogen-bond acceptors (Lipinski definition) is 3. The van der Waals surface area contributed by atoms with E-state index in [0.29, 0.717) is 6.04 Å². The molecule has 1 fully saturated rings. The summed E-state index contributed by atoms with van der Waals surface area (Å²) >= 11 is 5.44. The maximum absolute atomic E-state index is 3.53. The van der Waals surface area contributed by atoms with Crippen LogP contribution < -0.4 is 5.32 Å². The minimum absolute atomic E-state index is 0.392. The molecule has 106 valence electrons. The van der Waals surface area contributed by atoms with Crippen molar-refractivity contribution >= 4 is 27.3 Å². The van der Waals surface area contributed by atoms with Crippen LogP contribution in [0.1, 0.15) is 21.4 Å². The Bertz CT molecular complexity index is 558. The third-order valence-electron chi connectivity index (χ3n) is 3.73. The van der Waals surface area contributed by atoms with Gasteiger partial charge in [0.2, 0.25) is 0 Å². The summed E-state index contributed by atoms with van der Waals surface area (Å²) < 4.78 is 1.14. The zero-order valence-electron chi connectivity index (χ0n) is 11.6. The average molecular weight is 351 g/mol. The SMILES string of the molecule is Cc1ccc(C(c2ccc(Br)cc2)N2CCNCC2)s1. The molecule has 0 bridgehead atoms. The molecule has 0 amide bonds. The third-order valence-corrected chi connectivity index (χ3v) is 5.31. The Morgan fingerprint density at radius 3 is 2.40 bits per heavy atom. The van der Waals surface area contributed by atoms with Crippen LogP contribution in [0.4, 0.5) is 0 Å².